The molecular formula is C40H54S2. The summed E-state index contributed by atoms with van der Waals surface area (Å²) in [6.07, 6.45) is 48.8. The van der Waals surface area contributed by atoms with Crippen LogP contribution >= 0.6 is 22.7 Å². The number of aryl methyl sites for hydroxylation is 2. The highest BCUT2D eigenvalue weighted by atomic mass is 32.1. The second-order valence-electron chi connectivity index (χ2n) is 10.6. The molecule has 0 saturated heterocycles. The maximum absolute atomic E-state index is 2.38. The number of unbranched alkanes of at least 4 members (excludes halogenated alkanes) is 4. The molecule has 0 aliphatic rings. The Morgan fingerprint density at radius 3 is 1.00 bits per heavy atom. The molecule has 42 heavy (non-hydrogen) atoms. The molecule has 0 nitrogen and oxygen atoms in total. The van der Waals surface area contributed by atoms with Crippen molar-refractivity contribution in [3.8, 4) is 0 Å². The molecule has 0 radical (unpaired) electrons. The molecule has 0 amide bonds. The molecule has 0 unspecified atom stereocenters. The zero-order valence-electron chi connectivity index (χ0n) is 26.7. The van der Waals surface area contributed by atoms with Gasteiger partial charge in [0, 0.05) is 9.75 Å². The Morgan fingerprint density at radius 1 is 0.405 bits per heavy atom. The van der Waals surface area contributed by atoms with E-state index in [0.29, 0.717) is 0 Å². The standard InChI is InChI=1S/C40H54S2/c1-5-9-27-35-33-41-39(37(35)29-11-7-3)31-25-23-21-19-17-15-13-14-16-18-20-22-24-26-32-40-38(30-12-8-4)36(34-42-40)28-10-6-2/h13-26,31-34H,5-12,27-30H2,1-4H3/b15-13+,16-14+,19-17+,20-18+,23-21+,24-22+,31-25+,32-26+. The average molecular weight is 599 g/mol. The molecule has 226 valence electrons. The van der Waals surface area contributed by atoms with Crippen LogP contribution in [0.5, 0.6) is 0 Å². The van der Waals surface area contributed by atoms with Gasteiger partial charge >= 0.3 is 0 Å². The minimum absolute atomic E-state index is 1.21. The second kappa shape index (κ2) is 23.8. The molecule has 2 aromatic rings. The maximum Gasteiger partial charge on any atom is 0.0305 e. The lowest BCUT2D eigenvalue weighted by molar-refractivity contribution is 0.761. The number of hydrogen-bond acceptors (Lipinski definition) is 2. The molecule has 0 aromatic carbocycles. The van der Waals surface area contributed by atoms with E-state index in [1.165, 1.54) is 86.8 Å². The predicted molar refractivity (Wildman–Crippen MR) is 196 cm³/mol. The lowest BCUT2D eigenvalue weighted by atomic mass is 10.0. The molecule has 0 spiro atoms. The Labute approximate surface area is 266 Å². The predicted octanol–water partition coefficient (Wildman–Crippen LogP) is 13.2. The summed E-state index contributed by atoms with van der Waals surface area (Å²) in [4.78, 5) is 2.87. The van der Waals surface area contributed by atoms with E-state index < -0.39 is 0 Å². The van der Waals surface area contributed by atoms with E-state index in [1.807, 2.05) is 22.7 Å². The molecule has 0 saturated carbocycles. The van der Waals surface area contributed by atoms with Crippen LogP contribution in [0.15, 0.2) is 95.8 Å². The number of allylic oxidation sites excluding steroid dienone is 14. The fourth-order valence-corrected chi connectivity index (χ4v) is 6.76. The van der Waals surface area contributed by atoms with E-state index in [2.05, 4.69) is 136 Å². The quantitative estimate of drug-likeness (QED) is 0.125. The first kappa shape index (κ1) is 35.5. The molecule has 2 heterocycles. The van der Waals surface area contributed by atoms with Gasteiger partial charge < -0.3 is 0 Å². The van der Waals surface area contributed by atoms with Gasteiger partial charge in [-0.1, -0.05) is 138 Å². The van der Waals surface area contributed by atoms with Gasteiger partial charge in [0.15, 0.2) is 0 Å². The Kier molecular flexibility index (Phi) is 20.2. The largest absolute Gasteiger partial charge is 0.144 e. The van der Waals surface area contributed by atoms with Gasteiger partial charge in [0.1, 0.15) is 0 Å². The smallest absolute Gasteiger partial charge is 0.0305 e. The van der Waals surface area contributed by atoms with Crippen LogP contribution in [0.1, 0.15) is 111 Å². The third kappa shape index (κ3) is 14.5. The first-order valence-electron chi connectivity index (χ1n) is 16.3. The fourth-order valence-electron chi connectivity index (χ4n) is 4.63. The average Bonchev–Trinajstić information content (AvgIpc) is 3.58. The van der Waals surface area contributed by atoms with E-state index in [9.17, 15) is 0 Å². The fraction of sp³-hybridized carbons (Fsp3) is 0.400. The Hall–Kier alpha value is -2.68. The highest BCUT2D eigenvalue weighted by molar-refractivity contribution is 7.11. The van der Waals surface area contributed by atoms with Crippen molar-refractivity contribution in [2.75, 3.05) is 0 Å². The van der Waals surface area contributed by atoms with Crippen LogP contribution < -0.4 is 0 Å². The molecule has 2 rings (SSSR count). The molecule has 0 aliphatic heterocycles. The van der Waals surface area contributed by atoms with Crippen LogP contribution in [0.2, 0.25) is 0 Å². The summed E-state index contributed by atoms with van der Waals surface area (Å²) in [6.45, 7) is 9.10. The number of hydrogen-bond donors (Lipinski definition) is 0. The van der Waals surface area contributed by atoms with E-state index in [-0.39, 0.29) is 0 Å². The summed E-state index contributed by atoms with van der Waals surface area (Å²) in [5.74, 6) is 0. The molecule has 2 aromatic heterocycles. The van der Waals surface area contributed by atoms with Gasteiger partial charge in [-0.15, -0.1) is 22.7 Å². The van der Waals surface area contributed by atoms with E-state index >= 15 is 0 Å². The maximum atomic E-state index is 2.38. The van der Waals surface area contributed by atoms with Gasteiger partial charge in [0.05, 0.1) is 0 Å². The Morgan fingerprint density at radius 2 is 0.690 bits per heavy atom. The van der Waals surface area contributed by atoms with Crippen molar-refractivity contribution in [2.45, 2.75) is 105 Å². The van der Waals surface area contributed by atoms with Crippen LogP contribution in [-0.4, -0.2) is 0 Å². The second-order valence-corrected chi connectivity index (χ2v) is 12.5. The van der Waals surface area contributed by atoms with Crippen LogP contribution in [0, 0.1) is 0 Å². The van der Waals surface area contributed by atoms with Crippen LogP contribution in [0.25, 0.3) is 12.2 Å². The summed E-state index contributed by atoms with van der Waals surface area (Å²) in [7, 11) is 0. The molecule has 0 N–H and O–H groups in total. The van der Waals surface area contributed by atoms with E-state index in [1.54, 1.807) is 22.3 Å². The molecule has 0 aliphatic carbocycles. The third-order valence-corrected chi connectivity index (χ3v) is 9.20. The van der Waals surface area contributed by atoms with Crippen molar-refractivity contribution in [3.63, 3.8) is 0 Å². The van der Waals surface area contributed by atoms with Crippen molar-refractivity contribution in [1.82, 2.24) is 0 Å². The zero-order chi connectivity index (χ0) is 30.1. The minimum atomic E-state index is 1.21. The van der Waals surface area contributed by atoms with Crippen LogP contribution in [0.3, 0.4) is 0 Å². The van der Waals surface area contributed by atoms with Gasteiger partial charge in [-0.05, 0) is 96.5 Å². The lowest BCUT2D eigenvalue weighted by Gasteiger charge is -2.04. The van der Waals surface area contributed by atoms with Crippen LogP contribution in [0.4, 0.5) is 0 Å². The first-order chi connectivity index (χ1) is 20.7. The molecule has 2 heteroatoms. The van der Waals surface area contributed by atoms with Gasteiger partial charge in [-0.25, -0.2) is 0 Å². The zero-order valence-corrected chi connectivity index (χ0v) is 28.3. The highest BCUT2D eigenvalue weighted by Crippen LogP contribution is 2.28. The Balaban J connectivity index is 1.75. The normalized spacial score (nSPS) is 13.1. The van der Waals surface area contributed by atoms with E-state index in [4.69, 9.17) is 0 Å². The minimum Gasteiger partial charge on any atom is -0.144 e. The molecule has 0 bridgehead atoms. The van der Waals surface area contributed by atoms with Crippen molar-refractivity contribution in [2.24, 2.45) is 0 Å². The highest BCUT2D eigenvalue weighted by Gasteiger charge is 2.10. The summed E-state index contributed by atoms with van der Waals surface area (Å²) >= 11 is 3.80. The molecule has 0 atom stereocenters. The SMILES string of the molecule is CCCCc1csc(/C=C/C=C/C=C/C=C/C=C/C=C/C=C/C=C/c2scc(CCCC)c2CCCC)c1CCCC. The summed E-state index contributed by atoms with van der Waals surface area (Å²) in [5, 5.41) is 4.76. The van der Waals surface area contributed by atoms with E-state index in [0.717, 1.165) is 0 Å². The first-order valence-corrected chi connectivity index (χ1v) is 18.0. The summed E-state index contributed by atoms with van der Waals surface area (Å²) in [6, 6.07) is 0. The molecular weight excluding hydrogens is 545 g/mol. The van der Waals surface area contributed by atoms with Gasteiger partial charge in [-0.3, -0.25) is 0 Å². The van der Waals surface area contributed by atoms with Gasteiger partial charge in [-0.2, -0.15) is 0 Å². The van der Waals surface area contributed by atoms with Gasteiger partial charge in [0.25, 0.3) is 0 Å². The third-order valence-electron chi connectivity index (χ3n) is 7.13. The summed E-state index contributed by atoms with van der Waals surface area (Å²) in [5.41, 5.74) is 6.30. The number of rotatable bonds is 21. The van der Waals surface area contributed by atoms with Crippen molar-refractivity contribution in [3.05, 3.63) is 128 Å². The monoisotopic (exact) mass is 598 g/mol. The van der Waals surface area contributed by atoms with Crippen molar-refractivity contribution in [1.29, 1.82) is 0 Å². The van der Waals surface area contributed by atoms with Gasteiger partial charge in [0.2, 0.25) is 0 Å². The van der Waals surface area contributed by atoms with Crippen LogP contribution in [-0.2, 0) is 25.7 Å². The lowest BCUT2D eigenvalue weighted by Crippen LogP contribution is -1.92. The Bertz CT molecular complexity index is 1120. The topological polar surface area (TPSA) is 0 Å². The summed E-state index contributed by atoms with van der Waals surface area (Å²) < 4.78 is 0. The van der Waals surface area contributed by atoms with Crippen molar-refractivity contribution >= 4 is 34.8 Å². The number of thiophene rings is 2. The molecule has 0 fully saturated rings. The van der Waals surface area contributed by atoms with Crippen molar-refractivity contribution < 1.29 is 0 Å².